The monoisotopic (exact) mass is 363 g/mol. The van der Waals surface area contributed by atoms with E-state index in [-0.39, 0.29) is 11.3 Å². The lowest BCUT2D eigenvalue weighted by atomic mass is 10.1. The summed E-state index contributed by atoms with van der Waals surface area (Å²) in [7, 11) is 0. The first kappa shape index (κ1) is 18.1. The van der Waals surface area contributed by atoms with Gasteiger partial charge in [0.25, 0.3) is 0 Å². The van der Waals surface area contributed by atoms with Crippen LogP contribution in [0.15, 0.2) is 54.9 Å². The molecule has 7 heteroatoms. The predicted octanol–water partition coefficient (Wildman–Crippen LogP) is 3.57. The summed E-state index contributed by atoms with van der Waals surface area (Å²) in [5.41, 5.74) is 2.38. The van der Waals surface area contributed by atoms with Crippen LogP contribution in [0, 0.1) is 24.1 Å². The molecule has 0 unspecified atom stereocenters. The maximum atomic E-state index is 13.2. The number of hydrogen-bond acceptors (Lipinski definition) is 3. The van der Waals surface area contributed by atoms with Crippen LogP contribution in [0.1, 0.15) is 22.5 Å². The summed E-state index contributed by atoms with van der Waals surface area (Å²) in [6, 6.07) is 12.9. The van der Waals surface area contributed by atoms with E-state index in [1.807, 2.05) is 48.0 Å². The number of hydrogen-bond donors (Lipinski definition) is 2. The van der Waals surface area contributed by atoms with Crippen LogP contribution in [0.25, 0.3) is 0 Å². The molecule has 3 rings (SSSR count). The Morgan fingerprint density at radius 1 is 1.26 bits per heavy atom. The zero-order valence-corrected chi connectivity index (χ0v) is 14.7. The molecule has 136 valence electrons. The van der Waals surface area contributed by atoms with Crippen molar-refractivity contribution in [2.24, 2.45) is 0 Å². The highest BCUT2D eigenvalue weighted by Gasteiger charge is 2.08. The molecule has 1 aromatic heterocycles. The lowest BCUT2D eigenvalue weighted by Crippen LogP contribution is -2.28. The zero-order valence-electron chi connectivity index (χ0n) is 14.7. The maximum Gasteiger partial charge on any atom is 0.319 e. The molecule has 0 atom stereocenters. The molecule has 3 aromatic rings. The first-order chi connectivity index (χ1) is 13.0. The molecule has 0 aliphatic rings. The normalized spacial score (nSPS) is 10.3. The van der Waals surface area contributed by atoms with Gasteiger partial charge in [-0.2, -0.15) is 5.26 Å². The van der Waals surface area contributed by atoms with Crippen molar-refractivity contribution in [3.63, 3.8) is 0 Å². The maximum absolute atomic E-state index is 13.2. The van der Waals surface area contributed by atoms with Crippen molar-refractivity contribution in [1.82, 2.24) is 14.9 Å². The Bertz CT molecular complexity index is 1010. The fraction of sp³-hybridized carbons (Fsp3) is 0.150. The van der Waals surface area contributed by atoms with Crippen LogP contribution in [0.2, 0.25) is 0 Å². The molecule has 0 bridgehead atoms. The number of amides is 2. The van der Waals surface area contributed by atoms with Gasteiger partial charge in [-0.25, -0.2) is 14.2 Å². The number of carbonyl (C=O) groups is 1. The number of nitrogens with one attached hydrogen (secondary N) is 2. The van der Waals surface area contributed by atoms with Crippen LogP contribution in [0.4, 0.5) is 14.9 Å². The van der Waals surface area contributed by atoms with Gasteiger partial charge in [0, 0.05) is 25.5 Å². The van der Waals surface area contributed by atoms with Crippen LogP contribution in [0.3, 0.4) is 0 Å². The number of benzene rings is 2. The standard InChI is InChI=1S/C20H18FN5O/c1-14-23-7-8-26(14)13-16-4-2-3-15(9-16)12-24-20(27)25-19-6-5-18(21)10-17(19)11-22/h2-10H,12-13H2,1H3,(H2,24,25,27). The Kier molecular flexibility index (Phi) is 5.47. The molecule has 0 radical (unpaired) electrons. The van der Waals surface area contributed by atoms with E-state index in [4.69, 9.17) is 5.26 Å². The Morgan fingerprint density at radius 2 is 2.07 bits per heavy atom. The minimum absolute atomic E-state index is 0.0721. The van der Waals surface area contributed by atoms with E-state index in [0.29, 0.717) is 13.1 Å². The van der Waals surface area contributed by atoms with Crippen molar-refractivity contribution in [3.8, 4) is 6.07 Å². The number of aryl methyl sites for hydroxylation is 1. The molecule has 2 aromatic carbocycles. The highest BCUT2D eigenvalue weighted by Crippen LogP contribution is 2.16. The first-order valence-electron chi connectivity index (χ1n) is 8.35. The number of imidazole rings is 1. The van der Waals surface area contributed by atoms with Crippen LogP contribution in [-0.4, -0.2) is 15.6 Å². The van der Waals surface area contributed by atoms with Gasteiger partial charge in [0.15, 0.2) is 0 Å². The quantitative estimate of drug-likeness (QED) is 0.727. The minimum atomic E-state index is -0.526. The summed E-state index contributed by atoms with van der Waals surface area (Å²) in [4.78, 5) is 16.3. The second-order valence-electron chi connectivity index (χ2n) is 6.03. The van der Waals surface area contributed by atoms with Crippen LogP contribution < -0.4 is 10.6 Å². The highest BCUT2D eigenvalue weighted by molar-refractivity contribution is 5.90. The van der Waals surface area contributed by atoms with Gasteiger partial charge < -0.3 is 15.2 Å². The van der Waals surface area contributed by atoms with Crippen molar-refractivity contribution < 1.29 is 9.18 Å². The summed E-state index contributed by atoms with van der Waals surface area (Å²) in [5, 5.41) is 14.3. The van der Waals surface area contributed by atoms with Crippen LogP contribution >= 0.6 is 0 Å². The Hall–Kier alpha value is -3.66. The summed E-state index contributed by atoms with van der Waals surface area (Å²) in [6.45, 7) is 2.97. The van der Waals surface area contributed by atoms with Crippen LogP contribution in [-0.2, 0) is 13.1 Å². The topological polar surface area (TPSA) is 82.7 Å². The molecule has 2 N–H and O–H groups in total. The first-order valence-corrected chi connectivity index (χ1v) is 8.35. The van der Waals surface area contributed by atoms with Gasteiger partial charge >= 0.3 is 6.03 Å². The molecular weight excluding hydrogens is 345 g/mol. The predicted molar refractivity (Wildman–Crippen MR) is 99.5 cm³/mol. The third-order valence-electron chi connectivity index (χ3n) is 4.07. The summed E-state index contributed by atoms with van der Waals surface area (Å²) in [6.07, 6.45) is 3.68. The molecule has 0 fully saturated rings. The summed E-state index contributed by atoms with van der Waals surface area (Å²) in [5.74, 6) is 0.410. The molecule has 27 heavy (non-hydrogen) atoms. The van der Waals surface area contributed by atoms with Crippen molar-refractivity contribution in [2.45, 2.75) is 20.0 Å². The van der Waals surface area contributed by atoms with E-state index in [9.17, 15) is 9.18 Å². The van der Waals surface area contributed by atoms with Crippen molar-refractivity contribution in [2.75, 3.05) is 5.32 Å². The van der Waals surface area contributed by atoms with Gasteiger partial charge in [-0.1, -0.05) is 24.3 Å². The number of halogens is 1. The second kappa shape index (κ2) is 8.15. The Balaban J connectivity index is 1.60. The van der Waals surface area contributed by atoms with E-state index in [1.165, 1.54) is 12.1 Å². The van der Waals surface area contributed by atoms with E-state index in [1.54, 1.807) is 6.20 Å². The Labute approximate surface area is 156 Å². The van der Waals surface area contributed by atoms with Crippen LogP contribution in [0.5, 0.6) is 0 Å². The number of carbonyl (C=O) groups excluding carboxylic acids is 1. The van der Waals surface area contributed by atoms with Crippen molar-refractivity contribution in [1.29, 1.82) is 5.26 Å². The molecule has 1 heterocycles. The number of nitrogens with zero attached hydrogens (tertiary/aromatic N) is 3. The van der Waals surface area contributed by atoms with Gasteiger partial charge in [0.1, 0.15) is 17.7 Å². The average Bonchev–Trinajstić information content (AvgIpc) is 3.06. The van der Waals surface area contributed by atoms with E-state index >= 15 is 0 Å². The molecule has 2 amide bonds. The lowest BCUT2D eigenvalue weighted by molar-refractivity contribution is 0.251. The number of rotatable bonds is 5. The molecule has 0 saturated heterocycles. The molecule has 0 saturated carbocycles. The zero-order chi connectivity index (χ0) is 19.2. The lowest BCUT2D eigenvalue weighted by Gasteiger charge is -2.10. The third-order valence-corrected chi connectivity index (χ3v) is 4.07. The van der Waals surface area contributed by atoms with Gasteiger partial charge in [-0.3, -0.25) is 0 Å². The summed E-state index contributed by atoms with van der Waals surface area (Å²) < 4.78 is 15.2. The largest absolute Gasteiger partial charge is 0.334 e. The Morgan fingerprint density at radius 3 is 2.81 bits per heavy atom. The van der Waals surface area contributed by atoms with E-state index < -0.39 is 11.8 Å². The number of urea groups is 1. The van der Waals surface area contributed by atoms with Gasteiger partial charge in [-0.15, -0.1) is 0 Å². The van der Waals surface area contributed by atoms with Crippen molar-refractivity contribution in [3.05, 3.63) is 83.2 Å². The third kappa shape index (κ3) is 4.70. The number of nitriles is 1. The van der Waals surface area contributed by atoms with Gasteiger partial charge in [0.05, 0.1) is 11.3 Å². The second-order valence-corrected chi connectivity index (χ2v) is 6.03. The highest BCUT2D eigenvalue weighted by atomic mass is 19.1. The molecule has 0 aliphatic heterocycles. The van der Waals surface area contributed by atoms with Gasteiger partial charge in [-0.05, 0) is 36.2 Å². The SMILES string of the molecule is Cc1nccn1Cc1cccc(CNC(=O)Nc2ccc(F)cc2C#N)c1. The minimum Gasteiger partial charge on any atom is -0.334 e. The fourth-order valence-corrected chi connectivity index (χ4v) is 2.67. The van der Waals surface area contributed by atoms with Gasteiger partial charge in [0.2, 0.25) is 0 Å². The average molecular weight is 363 g/mol. The van der Waals surface area contributed by atoms with Crippen molar-refractivity contribution >= 4 is 11.7 Å². The summed E-state index contributed by atoms with van der Waals surface area (Å²) >= 11 is 0. The molecule has 0 spiro atoms. The fourth-order valence-electron chi connectivity index (χ4n) is 2.67. The smallest absolute Gasteiger partial charge is 0.319 e. The molecular formula is C20H18FN5O. The number of anilines is 1. The molecule has 0 aliphatic carbocycles. The number of aromatic nitrogens is 2. The van der Waals surface area contributed by atoms with E-state index in [2.05, 4.69) is 15.6 Å². The van der Waals surface area contributed by atoms with E-state index in [0.717, 1.165) is 23.0 Å². The molecule has 6 nitrogen and oxygen atoms in total.